The molecular weight excluding hydrogens is 352 g/mol. The standard InChI is InChI=1S/C17H19ClO3S2/c1-3-22-13-9-8-10(15(18)17(13)23-4-2)16(21)14-11(19)6-5-7-12(14)20/h8-9,14H,3-7H2,1-2H3. The largest absolute Gasteiger partial charge is 0.298 e. The summed E-state index contributed by atoms with van der Waals surface area (Å²) in [6.07, 6.45) is 1.12. The van der Waals surface area contributed by atoms with E-state index in [2.05, 4.69) is 6.92 Å². The summed E-state index contributed by atoms with van der Waals surface area (Å²) in [5.41, 5.74) is 0.289. The molecule has 0 aromatic heterocycles. The Balaban J connectivity index is 2.42. The lowest BCUT2D eigenvalue weighted by Gasteiger charge is -2.20. The second-order valence-corrected chi connectivity index (χ2v) is 8.16. The van der Waals surface area contributed by atoms with E-state index in [0.29, 0.717) is 24.3 Å². The van der Waals surface area contributed by atoms with E-state index in [1.165, 1.54) is 0 Å². The summed E-state index contributed by atoms with van der Waals surface area (Å²) in [6.45, 7) is 4.07. The fraction of sp³-hybridized carbons (Fsp3) is 0.471. The first-order valence-electron chi connectivity index (χ1n) is 7.68. The number of halogens is 1. The van der Waals surface area contributed by atoms with Gasteiger partial charge in [0.25, 0.3) is 0 Å². The van der Waals surface area contributed by atoms with E-state index in [1.807, 2.05) is 13.0 Å². The number of thioether (sulfide) groups is 2. The van der Waals surface area contributed by atoms with E-state index in [4.69, 9.17) is 11.6 Å². The zero-order valence-corrected chi connectivity index (χ0v) is 15.6. The number of hydrogen-bond acceptors (Lipinski definition) is 5. The van der Waals surface area contributed by atoms with Crippen molar-refractivity contribution in [1.29, 1.82) is 0 Å². The van der Waals surface area contributed by atoms with Crippen LogP contribution < -0.4 is 0 Å². The number of carbonyl (C=O) groups is 3. The molecule has 0 amide bonds. The highest BCUT2D eigenvalue weighted by Gasteiger charge is 2.37. The van der Waals surface area contributed by atoms with Crippen molar-refractivity contribution in [3.63, 3.8) is 0 Å². The predicted octanol–water partition coefficient (Wildman–Crippen LogP) is 4.69. The zero-order valence-electron chi connectivity index (χ0n) is 13.2. The van der Waals surface area contributed by atoms with Gasteiger partial charge in [-0.3, -0.25) is 14.4 Å². The van der Waals surface area contributed by atoms with Gasteiger partial charge in [0.15, 0.2) is 17.3 Å². The molecule has 6 heteroatoms. The SMILES string of the molecule is CCSc1ccc(C(=O)C2C(=O)CCCC2=O)c(Cl)c1SCC. The highest BCUT2D eigenvalue weighted by molar-refractivity contribution is 8.02. The molecule has 23 heavy (non-hydrogen) atoms. The number of carbonyl (C=O) groups excluding carboxylic acids is 3. The third-order valence-corrected chi connectivity index (χ3v) is 6.24. The third kappa shape index (κ3) is 4.01. The van der Waals surface area contributed by atoms with Crippen LogP contribution in [0.25, 0.3) is 0 Å². The Kier molecular flexibility index (Phi) is 6.74. The van der Waals surface area contributed by atoms with Crippen LogP contribution >= 0.6 is 35.1 Å². The zero-order chi connectivity index (χ0) is 17.0. The van der Waals surface area contributed by atoms with Crippen molar-refractivity contribution in [1.82, 2.24) is 0 Å². The van der Waals surface area contributed by atoms with Crippen LogP contribution in [0, 0.1) is 5.92 Å². The van der Waals surface area contributed by atoms with Crippen molar-refractivity contribution in [2.75, 3.05) is 11.5 Å². The molecule has 1 aliphatic rings. The molecule has 0 saturated heterocycles. The van der Waals surface area contributed by atoms with Crippen LogP contribution in [0.5, 0.6) is 0 Å². The first-order chi connectivity index (χ1) is 11.0. The van der Waals surface area contributed by atoms with Gasteiger partial charge in [0.2, 0.25) is 0 Å². The van der Waals surface area contributed by atoms with E-state index < -0.39 is 11.7 Å². The van der Waals surface area contributed by atoms with E-state index in [1.54, 1.807) is 29.6 Å². The van der Waals surface area contributed by atoms with Gasteiger partial charge >= 0.3 is 0 Å². The monoisotopic (exact) mass is 370 g/mol. The summed E-state index contributed by atoms with van der Waals surface area (Å²) in [5, 5.41) is 0.367. The summed E-state index contributed by atoms with van der Waals surface area (Å²) >= 11 is 9.70. The molecule has 0 unspecified atom stereocenters. The predicted molar refractivity (Wildman–Crippen MR) is 95.9 cm³/mol. The fourth-order valence-electron chi connectivity index (χ4n) is 2.63. The lowest BCUT2D eigenvalue weighted by molar-refractivity contribution is -0.133. The lowest BCUT2D eigenvalue weighted by atomic mass is 9.81. The molecule has 1 aromatic rings. The lowest BCUT2D eigenvalue weighted by Crippen LogP contribution is -2.35. The van der Waals surface area contributed by atoms with Crippen LogP contribution in [0.2, 0.25) is 5.02 Å². The first kappa shape index (κ1) is 18.6. The van der Waals surface area contributed by atoms with Crippen LogP contribution in [0.1, 0.15) is 43.5 Å². The highest BCUT2D eigenvalue weighted by Crippen LogP contribution is 2.39. The molecule has 1 fully saturated rings. The Labute approximate surface area is 149 Å². The number of benzene rings is 1. The first-order valence-corrected chi connectivity index (χ1v) is 10.0. The molecule has 124 valence electrons. The van der Waals surface area contributed by atoms with Crippen LogP contribution in [0.15, 0.2) is 21.9 Å². The molecule has 1 aliphatic carbocycles. The molecule has 0 N–H and O–H groups in total. The molecule has 0 heterocycles. The quantitative estimate of drug-likeness (QED) is 0.413. The Morgan fingerprint density at radius 3 is 2.30 bits per heavy atom. The number of ketones is 3. The van der Waals surface area contributed by atoms with Gasteiger partial charge in [-0.05, 0) is 30.1 Å². The normalized spacial score (nSPS) is 16.0. The van der Waals surface area contributed by atoms with Crippen LogP contribution in [-0.4, -0.2) is 28.9 Å². The molecule has 3 nitrogen and oxygen atoms in total. The minimum atomic E-state index is -1.16. The summed E-state index contributed by atoms with van der Waals surface area (Å²) in [6, 6.07) is 3.51. The maximum Gasteiger partial charge on any atom is 0.182 e. The van der Waals surface area contributed by atoms with Crippen LogP contribution in [-0.2, 0) is 9.59 Å². The Bertz CT molecular complexity index is 627. The Morgan fingerprint density at radius 1 is 1.13 bits per heavy atom. The van der Waals surface area contributed by atoms with Crippen molar-refractivity contribution in [3.8, 4) is 0 Å². The maximum absolute atomic E-state index is 12.7. The van der Waals surface area contributed by atoms with Gasteiger partial charge in [-0.1, -0.05) is 25.4 Å². The molecule has 0 aliphatic heterocycles. The van der Waals surface area contributed by atoms with Gasteiger partial charge in [0, 0.05) is 28.2 Å². The average Bonchev–Trinajstić information content (AvgIpc) is 2.51. The van der Waals surface area contributed by atoms with Gasteiger partial charge in [-0.15, -0.1) is 23.5 Å². The smallest absolute Gasteiger partial charge is 0.182 e. The van der Waals surface area contributed by atoms with Gasteiger partial charge in [-0.2, -0.15) is 0 Å². The second-order valence-electron chi connectivity index (χ2n) is 5.20. The van der Waals surface area contributed by atoms with E-state index in [9.17, 15) is 14.4 Å². The van der Waals surface area contributed by atoms with Crippen LogP contribution in [0.4, 0.5) is 0 Å². The molecular formula is C17H19ClO3S2. The molecule has 0 atom stereocenters. The molecule has 0 bridgehead atoms. The minimum Gasteiger partial charge on any atom is -0.298 e. The topological polar surface area (TPSA) is 51.2 Å². The van der Waals surface area contributed by atoms with Crippen molar-refractivity contribution in [2.24, 2.45) is 5.92 Å². The van der Waals surface area contributed by atoms with Gasteiger partial charge < -0.3 is 0 Å². The van der Waals surface area contributed by atoms with Crippen molar-refractivity contribution < 1.29 is 14.4 Å². The number of rotatable bonds is 6. The van der Waals surface area contributed by atoms with Crippen molar-refractivity contribution in [2.45, 2.75) is 42.9 Å². The molecule has 2 rings (SSSR count). The minimum absolute atomic E-state index is 0.279. The van der Waals surface area contributed by atoms with Crippen molar-refractivity contribution in [3.05, 3.63) is 22.7 Å². The van der Waals surface area contributed by atoms with Gasteiger partial charge in [0.1, 0.15) is 5.92 Å². The van der Waals surface area contributed by atoms with Crippen LogP contribution in [0.3, 0.4) is 0 Å². The fourth-order valence-corrected chi connectivity index (χ4v) is 4.90. The number of Topliss-reactive ketones (excluding diaryl/α,β-unsaturated/α-hetero) is 3. The Morgan fingerprint density at radius 2 is 1.74 bits per heavy atom. The van der Waals surface area contributed by atoms with Crippen molar-refractivity contribution >= 4 is 52.5 Å². The molecule has 0 radical (unpaired) electrons. The summed E-state index contributed by atoms with van der Waals surface area (Å²) < 4.78 is 0. The maximum atomic E-state index is 12.7. The highest BCUT2D eigenvalue weighted by atomic mass is 35.5. The second kappa shape index (κ2) is 8.36. The van der Waals surface area contributed by atoms with E-state index in [0.717, 1.165) is 21.3 Å². The summed E-state index contributed by atoms with van der Waals surface area (Å²) in [5.74, 6) is -0.435. The third-order valence-electron chi connectivity index (χ3n) is 3.67. The Hall–Kier alpha value is -0.780. The number of hydrogen-bond donors (Lipinski definition) is 0. The average molecular weight is 371 g/mol. The van der Waals surface area contributed by atoms with Gasteiger partial charge in [-0.25, -0.2) is 0 Å². The molecule has 1 aromatic carbocycles. The molecule has 1 saturated carbocycles. The summed E-state index contributed by atoms with van der Waals surface area (Å²) in [7, 11) is 0. The van der Waals surface area contributed by atoms with E-state index in [-0.39, 0.29) is 17.1 Å². The van der Waals surface area contributed by atoms with E-state index >= 15 is 0 Å². The van der Waals surface area contributed by atoms with Gasteiger partial charge in [0.05, 0.1) is 5.02 Å². The summed E-state index contributed by atoms with van der Waals surface area (Å²) in [4.78, 5) is 38.7. The molecule has 0 spiro atoms.